The standard InChI is InChI=1S/C20H26N4O2S.HI/c1-24(2)20(21-14-16-6-4-3-5-7-16)22-15-17-8-12-19(13-9-17)27(25,26)23-18-10-11-18;/h3-9,12-13,18,23H,10-11,14-15H2,1-2H3,(H,21,22);1H. The number of nitrogens with one attached hydrogen (secondary N) is 2. The Morgan fingerprint density at radius 3 is 2.25 bits per heavy atom. The third-order valence-electron chi connectivity index (χ3n) is 4.26. The Bertz CT molecular complexity index is 880. The van der Waals surface area contributed by atoms with Crippen molar-refractivity contribution in [2.45, 2.75) is 36.9 Å². The quantitative estimate of drug-likeness (QED) is 0.339. The first-order valence-electron chi connectivity index (χ1n) is 9.05. The maximum absolute atomic E-state index is 12.2. The second kappa shape index (κ2) is 10.2. The molecule has 0 heterocycles. The van der Waals surface area contributed by atoms with Crippen molar-refractivity contribution in [2.75, 3.05) is 14.1 Å². The Balaban J connectivity index is 0.00000280. The van der Waals surface area contributed by atoms with Crippen LogP contribution in [-0.2, 0) is 23.1 Å². The fraction of sp³-hybridized carbons (Fsp3) is 0.350. The minimum atomic E-state index is -3.40. The molecule has 0 aromatic heterocycles. The lowest BCUT2D eigenvalue weighted by molar-refractivity contribution is 0.578. The van der Waals surface area contributed by atoms with Gasteiger partial charge in [0, 0.05) is 26.7 Å². The monoisotopic (exact) mass is 514 g/mol. The van der Waals surface area contributed by atoms with E-state index >= 15 is 0 Å². The van der Waals surface area contributed by atoms with Crippen LogP contribution in [0.5, 0.6) is 0 Å². The highest BCUT2D eigenvalue weighted by Gasteiger charge is 2.27. The number of benzene rings is 2. The summed E-state index contributed by atoms with van der Waals surface area (Å²) >= 11 is 0. The molecule has 8 heteroatoms. The van der Waals surface area contributed by atoms with Crippen molar-refractivity contribution < 1.29 is 8.42 Å². The Labute approximate surface area is 184 Å². The molecular formula is C20H27IN4O2S. The van der Waals surface area contributed by atoms with Crippen molar-refractivity contribution in [3.63, 3.8) is 0 Å². The van der Waals surface area contributed by atoms with Crippen molar-refractivity contribution in [1.82, 2.24) is 14.9 Å². The fourth-order valence-electron chi connectivity index (χ4n) is 2.56. The van der Waals surface area contributed by atoms with E-state index in [0.29, 0.717) is 18.0 Å². The molecular weight excluding hydrogens is 487 g/mol. The van der Waals surface area contributed by atoms with E-state index in [0.717, 1.165) is 29.9 Å². The van der Waals surface area contributed by atoms with E-state index in [1.165, 1.54) is 0 Å². The van der Waals surface area contributed by atoms with Crippen LogP contribution in [0.25, 0.3) is 0 Å². The zero-order valence-corrected chi connectivity index (χ0v) is 19.3. The minimum Gasteiger partial charge on any atom is -0.352 e. The van der Waals surface area contributed by atoms with Gasteiger partial charge in [0.15, 0.2) is 5.96 Å². The van der Waals surface area contributed by atoms with Gasteiger partial charge in [0.05, 0.1) is 11.4 Å². The summed E-state index contributed by atoms with van der Waals surface area (Å²) in [5, 5.41) is 3.32. The van der Waals surface area contributed by atoms with Crippen LogP contribution in [0.15, 0.2) is 64.5 Å². The van der Waals surface area contributed by atoms with E-state index in [4.69, 9.17) is 0 Å². The van der Waals surface area contributed by atoms with Gasteiger partial charge in [-0.25, -0.2) is 18.1 Å². The summed E-state index contributed by atoms with van der Waals surface area (Å²) in [5.74, 6) is 0.783. The van der Waals surface area contributed by atoms with E-state index in [1.54, 1.807) is 12.1 Å². The second-order valence-electron chi connectivity index (χ2n) is 6.91. The topological polar surface area (TPSA) is 73.8 Å². The van der Waals surface area contributed by atoms with Crippen LogP contribution >= 0.6 is 24.0 Å². The van der Waals surface area contributed by atoms with E-state index in [2.05, 4.69) is 15.0 Å². The van der Waals surface area contributed by atoms with Gasteiger partial charge in [-0.05, 0) is 36.1 Å². The summed E-state index contributed by atoms with van der Waals surface area (Å²) in [6, 6.07) is 17.2. The Hall–Kier alpha value is -1.65. The molecule has 0 spiro atoms. The molecule has 0 aliphatic heterocycles. The molecule has 0 bridgehead atoms. The zero-order chi connectivity index (χ0) is 19.3. The number of rotatable bonds is 7. The summed E-state index contributed by atoms with van der Waals surface area (Å²) < 4.78 is 27.1. The molecule has 28 heavy (non-hydrogen) atoms. The summed E-state index contributed by atoms with van der Waals surface area (Å²) in [5.41, 5.74) is 2.14. The average molecular weight is 514 g/mol. The second-order valence-corrected chi connectivity index (χ2v) is 8.63. The maximum Gasteiger partial charge on any atom is 0.240 e. The third-order valence-corrected chi connectivity index (χ3v) is 5.80. The van der Waals surface area contributed by atoms with Crippen LogP contribution in [0.4, 0.5) is 0 Å². The first-order chi connectivity index (χ1) is 12.9. The number of nitrogens with zero attached hydrogens (tertiary/aromatic N) is 2. The summed E-state index contributed by atoms with van der Waals surface area (Å²) in [4.78, 5) is 6.87. The van der Waals surface area contributed by atoms with Crippen molar-refractivity contribution in [3.05, 3.63) is 65.7 Å². The highest BCUT2D eigenvalue weighted by Crippen LogP contribution is 2.22. The Kier molecular flexibility index (Phi) is 8.26. The number of hydrogen-bond donors (Lipinski definition) is 2. The first kappa shape index (κ1) is 22.6. The number of guanidine groups is 1. The van der Waals surface area contributed by atoms with E-state index in [1.807, 2.05) is 61.5 Å². The van der Waals surface area contributed by atoms with Crippen molar-refractivity contribution >= 4 is 40.0 Å². The molecule has 1 aliphatic carbocycles. The van der Waals surface area contributed by atoms with Crippen LogP contribution in [0, 0.1) is 0 Å². The van der Waals surface area contributed by atoms with Crippen LogP contribution in [0.1, 0.15) is 24.0 Å². The molecule has 152 valence electrons. The predicted octanol–water partition coefficient (Wildman–Crippen LogP) is 2.95. The molecule has 2 aromatic carbocycles. The largest absolute Gasteiger partial charge is 0.352 e. The van der Waals surface area contributed by atoms with Gasteiger partial charge in [0.2, 0.25) is 10.0 Å². The summed E-state index contributed by atoms with van der Waals surface area (Å²) in [6.07, 6.45) is 1.85. The van der Waals surface area contributed by atoms with Gasteiger partial charge in [-0.1, -0.05) is 42.5 Å². The number of hydrogen-bond acceptors (Lipinski definition) is 3. The average Bonchev–Trinajstić information content (AvgIpc) is 3.46. The van der Waals surface area contributed by atoms with Crippen molar-refractivity contribution in [3.8, 4) is 0 Å². The van der Waals surface area contributed by atoms with Gasteiger partial charge in [0.1, 0.15) is 0 Å². The van der Waals surface area contributed by atoms with Crippen molar-refractivity contribution in [2.24, 2.45) is 4.99 Å². The van der Waals surface area contributed by atoms with Crippen LogP contribution in [0.3, 0.4) is 0 Å². The van der Waals surface area contributed by atoms with Gasteiger partial charge < -0.3 is 10.2 Å². The molecule has 1 saturated carbocycles. The summed E-state index contributed by atoms with van der Waals surface area (Å²) in [7, 11) is 0.481. The lowest BCUT2D eigenvalue weighted by atomic mass is 10.2. The van der Waals surface area contributed by atoms with Gasteiger partial charge >= 0.3 is 0 Å². The number of aliphatic imine (C=N–C) groups is 1. The van der Waals surface area contributed by atoms with Gasteiger partial charge in [0.25, 0.3) is 0 Å². The van der Waals surface area contributed by atoms with E-state index in [9.17, 15) is 8.42 Å². The molecule has 3 rings (SSSR count). The number of halogens is 1. The van der Waals surface area contributed by atoms with Gasteiger partial charge in [-0.3, -0.25) is 0 Å². The van der Waals surface area contributed by atoms with Gasteiger partial charge in [-0.15, -0.1) is 24.0 Å². The first-order valence-corrected chi connectivity index (χ1v) is 10.5. The van der Waals surface area contributed by atoms with E-state index < -0.39 is 10.0 Å². The zero-order valence-electron chi connectivity index (χ0n) is 16.1. The van der Waals surface area contributed by atoms with Crippen LogP contribution in [-0.4, -0.2) is 39.4 Å². The lowest BCUT2D eigenvalue weighted by Crippen LogP contribution is -2.36. The maximum atomic E-state index is 12.2. The fourth-order valence-corrected chi connectivity index (χ4v) is 3.87. The normalized spacial score (nSPS) is 14.3. The van der Waals surface area contributed by atoms with Crippen molar-refractivity contribution in [1.29, 1.82) is 0 Å². The highest BCUT2D eigenvalue weighted by atomic mass is 127. The molecule has 1 aliphatic rings. The minimum absolute atomic E-state index is 0. The molecule has 6 nitrogen and oxygen atoms in total. The number of sulfonamides is 1. The SMILES string of the molecule is CN(C)C(=NCc1ccccc1)NCc1ccc(S(=O)(=O)NC2CC2)cc1.I. The lowest BCUT2D eigenvalue weighted by Gasteiger charge is -2.18. The molecule has 2 aromatic rings. The predicted molar refractivity (Wildman–Crippen MR) is 123 cm³/mol. The Morgan fingerprint density at radius 2 is 1.68 bits per heavy atom. The molecule has 0 radical (unpaired) electrons. The third kappa shape index (κ3) is 6.75. The summed E-state index contributed by atoms with van der Waals surface area (Å²) in [6.45, 7) is 1.17. The smallest absolute Gasteiger partial charge is 0.240 e. The van der Waals surface area contributed by atoms with Gasteiger partial charge in [-0.2, -0.15) is 0 Å². The molecule has 0 unspecified atom stereocenters. The molecule has 0 saturated heterocycles. The van der Waals surface area contributed by atoms with E-state index in [-0.39, 0.29) is 30.0 Å². The molecule has 1 fully saturated rings. The Morgan fingerprint density at radius 1 is 1.04 bits per heavy atom. The highest BCUT2D eigenvalue weighted by molar-refractivity contribution is 14.0. The molecule has 2 N–H and O–H groups in total. The molecule has 0 amide bonds. The molecule has 0 atom stereocenters. The van der Waals surface area contributed by atoms with Crippen LogP contribution in [0.2, 0.25) is 0 Å². The van der Waals surface area contributed by atoms with Crippen LogP contribution < -0.4 is 10.0 Å².